The lowest BCUT2D eigenvalue weighted by molar-refractivity contribution is 0.152. The van der Waals surface area contributed by atoms with E-state index >= 15 is 0 Å². The van der Waals surface area contributed by atoms with Crippen molar-refractivity contribution in [3.63, 3.8) is 0 Å². The molecular formula is C15H22N6O. The molecule has 2 aromatic rings. The molecule has 2 heterocycles. The van der Waals surface area contributed by atoms with Crippen LogP contribution in [-0.2, 0) is 11.3 Å². The molecule has 22 heavy (non-hydrogen) atoms. The van der Waals surface area contributed by atoms with Crippen LogP contribution < -0.4 is 10.6 Å². The van der Waals surface area contributed by atoms with Crippen LogP contribution in [0.1, 0.15) is 12.5 Å². The Bertz CT molecular complexity index is 581. The SMILES string of the molecule is CCOCCNC(=NC)NCc1ccnc(-n2cccn2)c1. The summed E-state index contributed by atoms with van der Waals surface area (Å²) in [5.41, 5.74) is 1.10. The summed E-state index contributed by atoms with van der Waals surface area (Å²) < 4.78 is 7.02. The van der Waals surface area contributed by atoms with Crippen LogP contribution in [0.25, 0.3) is 5.82 Å². The zero-order chi connectivity index (χ0) is 15.6. The quantitative estimate of drug-likeness (QED) is 0.453. The second-order valence-electron chi connectivity index (χ2n) is 4.52. The third-order valence-electron chi connectivity index (χ3n) is 2.98. The second kappa shape index (κ2) is 8.78. The molecule has 0 aliphatic rings. The van der Waals surface area contributed by atoms with Crippen LogP contribution >= 0.6 is 0 Å². The Morgan fingerprint density at radius 3 is 3.00 bits per heavy atom. The Hall–Kier alpha value is -2.41. The van der Waals surface area contributed by atoms with Gasteiger partial charge in [0.25, 0.3) is 0 Å². The summed E-state index contributed by atoms with van der Waals surface area (Å²) in [6.07, 6.45) is 5.38. The largest absolute Gasteiger partial charge is 0.380 e. The van der Waals surface area contributed by atoms with Crippen LogP contribution in [0, 0.1) is 0 Å². The van der Waals surface area contributed by atoms with Crippen LogP contribution in [-0.4, -0.2) is 47.5 Å². The molecule has 0 spiro atoms. The third kappa shape index (κ3) is 4.85. The van der Waals surface area contributed by atoms with Crippen molar-refractivity contribution >= 4 is 5.96 Å². The summed E-state index contributed by atoms with van der Waals surface area (Å²) in [6.45, 7) is 4.75. The lowest BCUT2D eigenvalue weighted by Crippen LogP contribution is -2.38. The van der Waals surface area contributed by atoms with E-state index in [0.717, 1.165) is 30.5 Å². The number of nitrogens with one attached hydrogen (secondary N) is 2. The first-order valence-corrected chi connectivity index (χ1v) is 7.30. The lowest BCUT2D eigenvalue weighted by Gasteiger charge is -2.12. The summed E-state index contributed by atoms with van der Waals surface area (Å²) in [7, 11) is 1.75. The molecule has 0 aliphatic heterocycles. The summed E-state index contributed by atoms with van der Waals surface area (Å²) >= 11 is 0. The first-order valence-electron chi connectivity index (χ1n) is 7.30. The molecule has 0 aliphatic carbocycles. The first-order chi connectivity index (χ1) is 10.8. The van der Waals surface area contributed by atoms with Crippen molar-refractivity contribution < 1.29 is 4.74 Å². The summed E-state index contributed by atoms with van der Waals surface area (Å²) in [6, 6.07) is 5.83. The lowest BCUT2D eigenvalue weighted by atomic mass is 10.2. The van der Waals surface area contributed by atoms with Crippen molar-refractivity contribution in [3.8, 4) is 5.82 Å². The number of pyridine rings is 1. The van der Waals surface area contributed by atoms with Gasteiger partial charge in [0.2, 0.25) is 0 Å². The Balaban J connectivity index is 1.86. The molecule has 7 nitrogen and oxygen atoms in total. The predicted molar refractivity (Wildman–Crippen MR) is 86.1 cm³/mol. The van der Waals surface area contributed by atoms with Gasteiger partial charge >= 0.3 is 0 Å². The van der Waals surface area contributed by atoms with E-state index in [2.05, 4.69) is 25.7 Å². The molecule has 2 aromatic heterocycles. The minimum absolute atomic E-state index is 0.658. The molecule has 0 fully saturated rings. The Morgan fingerprint density at radius 2 is 2.27 bits per heavy atom. The standard InChI is InChI=1S/C15H22N6O/c1-3-22-10-8-18-15(16-2)19-12-13-5-7-17-14(11-13)21-9-4-6-20-21/h4-7,9,11H,3,8,10,12H2,1-2H3,(H2,16,18,19). The molecule has 0 aromatic carbocycles. The van der Waals surface area contributed by atoms with E-state index < -0.39 is 0 Å². The molecule has 0 saturated heterocycles. The van der Waals surface area contributed by atoms with Crippen LogP contribution in [0.2, 0.25) is 0 Å². The summed E-state index contributed by atoms with van der Waals surface area (Å²) in [4.78, 5) is 8.49. The molecule has 118 valence electrons. The van der Waals surface area contributed by atoms with Gasteiger partial charge in [-0.3, -0.25) is 4.99 Å². The predicted octanol–water partition coefficient (Wildman–Crippen LogP) is 0.969. The number of guanidine groups is 1. The monoisotopic (exact) mass is 302 g/mol. The van der Waals surface area contributed by atoms with Crippen molar-refractivity contribution in [2.24, 2.45) is 4.99 Å². The van der Waals surface area contributed by atoms with Crippen LogP contribution in [0.5, 0.6) is 0 Å². The smallest absolute Gasteiger partial charge is 0.191 e. The van der Waals surface area contributed by atoms with Crippen molar-refractivity contribution in [1.29, 1.82) is 0 Å². The fraction of sp³-hybridized carbons (Fsp3) is 0.400. The maximum Gasteiger partial charge on any atom is 0.191 e. The van der Waals surface area contributed by atoms with E-state index in [4.69, 9.17) is 4.74 Å². The average Bonchev–Trinajstić information content (AvgIpc) is 3.09. The van der Waals surface area contributed by atoms with E-state index in [1.54, 1.807) is 24.1 Å². The number of hydrogen-bond donors (Lipinski definition) is 2. The second-order valence-corrected chi connectivity index (χ2v) is 4.52. The van der Waals surface area contributed by atoms with Crippen molar-refractivity contribution in [2.45, 2.75) is 13.5 Å². The fourth-order valence-electron chi connectivity index (χ4n) is 1.89. The van der Waals surface area contributed by atoms with Gasteiger partial charge in [-0.15, -0.1) is 0 Å². The molecule has 0 atom stereocenters. The van der Waals surface area contributed by atoms with Gasteiger partial charge in [-0.1, -0.05) is 0 Å². The molecule has 2 rings (SSSR count). The summed E-state index contributed by atoms with van der Waals surface area (Å²) in [5.74, 6) is 1.54. The highest BCUT2D eigenvalue weighted by Gasteiger charge is 2.02. The van der Waals surface area contributed by atoms with Gasteiger partial charge in [0.15, 0.2) is 11.8 Å². The number of aromatic nitrogens is 3. The van der Waals surface area contributed by atoms with Crippen LogP contribution in [0.3, 0.4) is 0 Å². The minimum atomic E-state index is 0.658. The molecule has 0 bridgehead atoms. The number of nitrogens with zero attached hydrogens (tertiary/aromatic N) is 4. The average molecular weight is 302 g/mol. The summed E-state index contributed by atoms with van der Waals surface area (Å²) in [5, 5.41) is 10.6. The van der Waals surface area contributed by atoms with E-state index in [0.29, 0.717) is 13.2 Å². The van der Waals surface area contributed by atoms with Gasteiger partial charge in [-0.05, 0) is 30.7 Å². The van der Waals surface area contributed by atoms with Crippen molar-refractivity contribution in [1.82, 2.24) is 25.4 Å². The molecule has 0 saturated carbocycles. The molecule has 2 N–H and O–H groups in total. The highest BCUT2D eigenvalue weighted by Crippen LogP contribution is 2.05. The van der Waals surface area contributed by atoms with Crippen molar-refractivity contribution in [2.75, 3.05) is 26.8 Å². The highest BCUT2D eigenvalue weighted by molar-refractivity contribution is 5.79. The Morgan fingerprint density at radius 1 is 1.36 bits per heavy atom. The zero-order valence-electron chi connectivity index (χ0n) is 13.0. The van der Waals surface area contributed by atoms with Gasteiger partial charge in [-0.2, -0.15) is 5.10 Å². The van der Waals surface area contributed by atoms with Gasteiger partial charge in [0, 0.05) is 45.3 Å². The zero-order valence-corrected chi connectivity index (χ0v) is 13.0. The van der Waals surface area contributed by atoms with Gasteiger partial charge in [-0.25, -0.2) is 9.67 Å². The van der Waals surface area contributed by atoms with E-state index in [-0.39, 0.29) is 0 Å². The number of hydrogen-bond acceptors (Lipinski definition) is 4. The van der Waals surface area contributed by atoms with Crippen LogP contribution in [0.15, 0.2) is 41.8 Å². The van der Waals surface area contributed by atoms with E-state index in [1.165, 1.54) is 0 Å². The number of ether oxygens (including phenoxy) is 1. The molecule has 0 unspecified atom stereocenters. The number of rotatable bonds is 7. The third-order valence-corrected chi connectivity index (χ3v) is 2.98. The maximum atomic E-state index is 5.29. The Labute approximate surface area is 130 Å². The molecular weight excluding hydrogens is 280 g/mol. The molecule has 0 amide bonds. The topological polar surface area (TPSA) is 76.4 Å². The normalized spacial score (nSPS) is 11.5. The maximum absolute atomic E-state index is 5.29. The fourth-order valence-corrected chi connectivity index (χ4v) is 1.89. The van der Waals surface area contributed by atoms with Gasteiger partial charge < -0.3 is 15.4 Å². The molecule has 0 radical (unpaired) electrons. The minimum Gasteiger partial charge on any atom is -0.380 e. The Kier molecular flexibility index (Phi) is 6.38. The molecule has 7 heteroatoms. The van der Waals surface area contributed by atoms with Gasteiger partial charge in [0.05, 0.1) is 6.61 Å². The van der Waals surface area contributed by atoms with Gasteiger partial charge in [0.1, 0.15) is 0 Å². The van der Waals surface area contributed by atoms with E-state index in [9.17, 15) is 0 Å². The van der Waals surface area contributed by atoms with Crippen molar-refractivity contribution in [3.05, 3.63) is 42.4 Å². The van der Waals surface area contributed by atoms with E-state index in [1.807, 2.05) is 31.3 Å². The first kappa shape index (κ1) is 16.0. The highest BCUT2D eigenvalue weighted by atomic mass is 16.5. The van der Waals surface area contributed by atoms with Crippen LogP contribution in [0.4, 0.5) is 0 Å². The number of aliphatic imine (C=N–C) groups is 1.